The lowest BCUT2D eigenvalue weighted by atomic mass is 9.85. The maximum Gasteiger partial charge on any atom is 0.118 e. The molecule has 1 aromatic carbocycles. The van der Waals surface area contributed by atoms with Crippen molar-refractivity contribution in [2.45, 2.75) is 38.6 Å². The molecule has 16 heavy (non-hydrogen) atoms. The number of hydrogen-bond donors (Lipinski definition) is 3. The lowest BCUT2D eigenvalue weighted by Crippen LogP contribution is -2.27. The fraction of sp³-hybridized carbons (Fsp3) is 0.538. The van der Waals surface area contributed by atoms with Crippen LogP contribution in [0.2, 0.25) is 0 Å². The van der Waals surface area contributed by atoms with E-state index >= 15 is 0 Å². The molecule has 0 spiro atoms. The summed E-state index contributed by atoms with van der Waals surface area (Å²) in [6, 6.07) is 5.26. The Labute approximate surface area is 96.9 Å². The SMILES string of the molecule is CC(C)(C)c1ccc(O)c(CC(N)CO)c1. The minimum absolute atomic E-state index is 0.0474. The van der Waals surface area contributed by atoms with Crippen LogP contribution in [0.4, 0.5) is 0 Å². The Bertz CT molecular complexity index is 355. The lowest BCUT2D eigenvalue weighted by molar-refractivity contribution is 0.264. The fourth-order valence-corrected chi connectivity index (χ4v) is 1.56. The number of rotatable bonds is 3. The molecule has 0 aliphatic heterocycles. The van der Waals surface area contributed by atoms with Crippen LogP contribution in [0.3, 0.4) is 0 Å². The Hall–Kier alpha value is -1.06. The van der Waals surface area contributed by atoms with Crippen molar-refractivity contribution in [3.05, 3.63) is 29.3 Å². The fourth-order valence-electron chi connectivity index (χ4n) is 1.56. The first-order valence-electron chi connectivity index (χ1n) is 5.53. The maximum absolute atomic E-state index is 9.71. The third-order valence-electron chi connectivity index (χ3n) is 2.66. The van der Waals surface area contributed by atoms with E-state index in [9.17, 15) is 5.11 Å². The van der Waals surface area contributed by atoms with Crippen molar-refractivity contribution >= 4 is 0 Å². The largest absolute Gasteiger partial charge is 0.508 e. The number of aliphatic hydroxyl groups is 1. The second-order valence-corrected chi connectivity index (χ2v) is 5.24. The van der Waals surface area contributed by atoms with E-state index < -0.39 is 0 Å². The van der Waals surface area contributed by atoms with Gasteiger partial charge in [0.2, 0.25) is 0 Å². The summed E-state index contributed by atoms with van der Waals surface area (Å²) in [7, 11) is 0. The average molecular weight is 223 g/mol. The number of hydrogen-bond acceptors (Lipinski definition) is 3. The molecule has 1 aromatic rings. The average Bonchev–Trinajstić information content (AvgIpc) is 2.19. The molecular formula is C13H21NO2. The second-order valence-electron chi connectivity index (χ2n) is 5.24. The molecule has 0 amide bonds. The van der Waals surface area contributed by atoms with Gasteiger partial charge >= 0.3 is 0 Å². The van der Waals surface area contributed by atoms with Crippen LogP contribution in [0, 0.1) is 0 Å². The predicted molar refractivity (Wildman–Crippen MR) is 65.6 cm³/mol. The Morgan fingerprint density at radius 3 is 2.44 bits per heavy atom. The van der Waals surface area contributed by atoms with Gasteiger partial charge in [0.1, 0.15) is 5.75 Å². The van der Waals surface area contributed by atoms with Crippen molar-refractivity contribution in [2.24, 2.45) is 5.73 Å². The molecule has 1 rings (SSSR count). The molecule has 1 unspecified atom stereocenters. The van der Waals surface area contributed by atoms with Crippen LogP contribution in [0.5, 0.6) is 5.75 Å². The van der Waals surface area contributed by atoms with Crippen LogP contribution < -0.4 is 5.73 Å². The van der Waals surface area contributed by atoms with E-state index in [-0.39, 0.29) is 23.8 Å². The quantitative estimate of drug-likeness (QED) is 0.728. The zero-order valence-corrected chi connectivity index (χ0v) is 10.2. The van der Waals surface area contributed by atoms with Gasteiger partial charge in [0.15, 0.2) is 0 Å². The first kappa shape index (κ1) is 13.0. The third-order valence-corrected chi connectivity index (χ3v) is 2.66. The molecular weight excluding hydrogens is 202 g/mol. The van der Waals surface area contributed by atoms with E-state index in [2.05, 4.69) is 20.8 Å². The second kappa shape index (κ2) is 4.85. The Morgan fingerprint density at radius 1 is 1.31 bits per heavy atom. The number of nitrogens with two attached hydrogens (primary N) is 1. The summed E-state index contributed by atoms with van der Waals surface area (Å²) in [5.74, 6) is 0.247. The molecule has 90 valence electrons. The van der Waals surface area contributed by atoms with Gasteiger partial charge in [-0.25, -0.2) is 0 Å². The van der Waals surface area contributed by atoms with Crippen molar-refractivity contribution in [2.75, 3.05) is 6.61 Å². The summed E-state index contributed by atoms with van der Waals surface area (Å²) in [5, 5.41) is 18.6. The summed E-state index contributed by atoms with van der Waals surface area (Å²) in [6.45, 7) is 6.29. The van der Waals surface area contributed by atoms with Crippen molar-refractivity contribution in [3.8, 4) is 5.75 Å². The molecule has 0 fully saturated rings. The zero-order chi connectivity index (χ0) is 12.3. The van der Waals surface area contributed by atoms with Gasteiger partial charge in [-0.2, -0.15) is 0 Å². The van der Waals surface area contributed by atoms with E-state index in [1.807, 2.05) is 12.1 Å². The van der Waals surface area contributed by atoms with Crippen LogP contribution in [0.1, 0.15) is 31.9 Å². The maximum atomic E-state index is 9.71. The Kier molecular flexibility index (Phi) is 3.94. The van der Waals surface area contributed by atoms with Crippen LogP contribution in [0.25, 0.3) is 0 Å². The molecule has 0 radical (unpaired) electrons. The molecule has 0 saturated carbocycles. The summed E-state index contributed by atoms with van der Waals surface area (Å²) < 4.78 is 0. The highest BCUT2D eigenvalue weighted by molar-refractivity contribution is 5.39. The monoisotopic (exact) mass is 223 g/mol. The van der Waals surface area contributed by atoms with Gasteiger partial charge < -0.3 is 15.9 Å². The minimum atomic E-state index is -0.318. The number of phenols is 1. The molecule has 0 aliphatic carbocycles. The van der Waals surface area contributed by atoms with Crippen molar-refractivity contribution in [1.29, 1.82) is 0 Å². The highest BCUT2D eigenvalue weighted by Crippen LogP contribution is 2.27. The summed E-state index contributed by atoms with van der Waals surface area (Å²) in [4.78, 5) is 0. The van der Waals surface area contributed by atoms with Crippen molar-refractivity contribution < 1.29 is 10.2 Å². The van der Waals surface area contributed by atoms with Gasteiger partial charge in [-0.15, -0.1) is 0 Å². The molecule has 4 N–H and O–H groups in total. The van der Waals surface area contributed by atoms with Gasteiger partial charge in [0.25, 0.3) is 0 Å². The summed E-state index contributed by atoms with van der Waals surface area (Å²) in [5.41, 5.74) is 7.68. The topological polar surface area (TPSA) is 66.5 Å². The Morgan fingerprint density at radius 2 is 1.94 bits per heavy atom. The van der Waals surface area contributed by atoms with Crippen LogP contribution >= 0.6 is 0 Å². The standard InChI is InChI=1S/C13H21NO2/c1-13(2,3)10-4-5-12(16)9(6-10)7-11(14)8-15/h4-6,11,15-16H,7-8,14H2,1-3H3. The summed E-state index contributed by atoms with van der Waals surface area (Å²) in [6.07, 6.45) is 0.492. The predicted octanol–water partition coefficient (Wildman–Crippen LogP) is 1.55. The van der Waals surface area contributed by atoms with E-state index in [0.717, 1.165) is 11.1 Å². The van der Waals surface area contributed by atoms with Gasteiger partial charge in [-0.1, -0.05) is 32.9 Å². The minimum Gasteiger partial charge on any atom is -0.508 e. The lowest BCUT2D eigenvalue weighted by Gasteiger charge is -2.21. The first-order chi connectivity index (χ1) is 7.34. The van der Waals surface area contributed by atoms with E-state index in [4.69, 9.17) is 10.8 Å². The van der Waals surface area contributed by atoms with Crippen LogP contribution in [-0.4, -0.2) is 22.9 Å². The number of aliphatic hydroxyl groups excluding tert-OH is 1. The molecule has 1 atom stereocenters. The van der Waals surface area contributed by atoms with Gasteiger partial charge in [-0.05, 0) is 29.0 Å². The van der Waals surface area contributed by atoms with Crippen molar-refractivity contribution in [1.82, 2.24) is 0 Å². The number of phenolic OH excluding ortho intramolecular Hbond substituents is 1. The van der Waals surface area contributed by atoms with Gasteiger partial charge in [-0.3, -0.25) is 0 Å². The highest BCUT2D eigenvalue weighted by Gasteiger charge is 2.16. The van der Waals surface area contributed by atoms with Crippen molar-refractivity contribution in [3.63, 3.8) is 0 Å². The molecule has 0 aliphatic rings. The molecule has 0 aromatic heterocycles. The smallest absolute Gasteiger partial charge is 0.118 e. The van der Waals surface area contributed by atoms with Gasteiger partial charge in [0, 0.05) is 6.04 Å². The van der Waals surface area contributed by atoms with E-state index in [1.165, 1.54) is 0 Å². The number of aromatic hydroxyl groups is 1. The van der Waals surface area contributed by atoms with Gasteiger partial charge in [0.05, 0.1) is 6.61 Å². The first-order valence-corrected chi connectivity index (χ1v) is 5.53. The molecule has 3 heteroatoms. The van der Waals surface area contributed by atoms with Crippen LogP contribution in [0.15, 0.2) is 18.2 Å². The Balaban J connectivity index is 3.00. The summed E-state index contributed by atoms with van der Waals surface area (Å²) >= 11 is 0. The van der Waals surface area contributed by atoms with E-state index in [0.29, 0.717) is 6.42 Å². The molecule has 0 heterocycles. The number of benzene rings is 1. The zero-order valence-electron chi connectivity index (χ0n) is 10.2. The normalized spacial score (nSPS) is 13.8. The van der Waals surface area contributed by atoms with Crippen LogP contribution in [-0.2, 0) is 11.8 Å². The molecule has 3 nitrogen and oxygen atoms in total. The molecule has 0 bridgehead atoms. The third kappa shape index (κ3) is 3.22. The highest BCUT2D eigenvalue weighted by atomic mass is 16.3. The molecule has 0 saturated heterocycles. The van der Waals surface area contributed by atoms with E-state index in [1.54, 1.807) is 6.07 Å².